The van der Waals surface area contributed by atoms with Crippen LogP contribution in [0.15, 0.2) is 54.6 Å². The molecule has 0 spiro atoms. The fraction of sp³-hybridized carbons (Fsp3) is 0.348. The molecule has 0 bridgehead atoms. The summed E-state index contributed by atoms with van der Waals surface area (Å²) in [5.41, 5.74) is 2.57. The molecule has 0 saturated heterocycles. The highest BCUT2D eigenvalue weighted by atomic mass is 16.5. The van der Waals surface area contributed by atoms with Crippen LogP contribution in [0.2, 0.25) is 0 Å². The summed E-state index contributed by atoms with van der Waals surface area (Å²) in [5.74, 6) is -1.13. The number of esters is 1. The Labute approximate surface area is 176 Å². The summed E-state index contributed by atoms with van der Waals surface area (Å²) in [7, 11) is 0. The van der Waals surface area contributed by atoms with E-state index in [-0.39, 0.29) is 11.8 Å². The number of nitrogens with zero attached hydrogens (tertiary/aromatic N) is 1. The zero-order valence-corrected chi connectivity index (χ0v) is 17.4. The van der Waals surface area contributed by atoms with Crippen LogP contribution < -0.4 is 15.5 Å². The zero-order chi connectivity index (χ0) is 21.7. The van der Waals surface area contributed by atoms with E-state index >= 15 is 0 Å². The van der Waals surface area contributed by atoms with Gasteiger partial charge in [0.05, 0.1) is 0 Å². The average Bonchev–Trinajstić information content (AvgIpc) is 3.16. The van der Waals surface area contributed by atoms with Gasteiger partial charge in [-0.25, -0.2) is 9.59 Å². The van der Waals surface area contributed by atoms with Crippen molar-refractivity contribution in [1.29, 1.82) is 0 Å². The van der Waals surface area contributed by atoms with Gasteiger partial charge >= 0.3 is 12.0 Å². The van der Waals surface area contributed by atoms with Crippen molar-refractivity contribution in [1.82, 2.24) is 5.32 Å². The number of anilines is 2. The highest BCUT2D eigenvalue weighted by molar-refractivity contribution is 5.99. The van der Waals surface area contributed by atoms with Crippen LogP contribution in [0.3, 0.4) is 0 Å². The van der Waals surface area contributed by atoms with Crippen LogP contribution in [-0.4, -0.2) is 36.6 Å². The Bertz CT molecular complexity index is 914. The highest BCUT2D eigenvalue weighted by Crippen LogP contribution is 2.28. The normalized spacial score (nSPS) is 14.6. The third-order valence-electron chi connectivity index (χ3n) is 5.03. The van der Waals surface area contributed by atoms with Crippen LogP contribution in [-0.2, 0) is 20.7 Å². The van der Waals surface area contributed by atoms with E-state index in [4.69, 9.17) is 4.74 Å². The van der Waals surface area contributed by atoms with E-state index in [2.05, 4.69) is 10.6 Å². The molecule has 0 radical (unpaired) electrons. The Morgan fingerprint density at radius 2 is 1.63 bits per heavy atom. The molecule has 30 heavy (non-hydrogen) atoms. The molecule has 0 fully saturated rings. The smallest absolute Gasteiger partial charge is 0.329 e. The first-order valence-corrected chi connectivity index (χ1v) is 10.1. The number of ether oxygens (including phenoxy) is 1. The summed E-state index contributed by atoms with van der Waals surface area (Å²) in [6.07, 6.45) is -0.179. The molecule has 0 aliphatic carbocycles. The van der Waals surface area contributed by atoms with Crippen LogP contribution in [0.5, 0.6) is 0 Å². The second-order valence-corrected chi connectivity index (χ2v) is 7.63. The quantitative estimate of drug-likeness (QED) is 0.716. The van der Waals surface area contributed by atoms with Crippen LogP contribution in [0, 0.1) is 5.92 Å². The number of hydrogen-bond donors (Lipinski definition) is 2. The van der Waals surface area contributed by atoms with E-state index in [1.54, 1.807) is 49.9 Å². The van der Waals surface area contributed by atoms with Gasteiger partial charge in [0.2, 0.25) is 0 Å². The summed E-state index contributed by atoms with van der Waals surface area (Å²) < 4.78 is 5.44. The number of carbonyl (C=O) groups is 3. The third kappa shape index (κ3) is 4.97. The Balaban J connectivity index is 1.60. The Hall–Kier alpha value is -3.35. The van der Waals surface area contributed by atoms with E-state index in [0.717, 1.165) is 17.7 Å². The maximum Gasteiger partial charge on any atom is 0.329 e. The first-order valence-electron chi connectivity index (χ1n) is 10.1. The SMILES string of the molecule is CC(C)[C@H](NC(=O)Nc1ccccc1)C(=O)O[C@@H](C)C(=O)N1CCc2ccccc21. The van der Waals surface area contributed by atoms with Crippen LogP contribution in [0.25, 0.3) is 0 Å². The van der Waals surface area contributed by atoms with Gasteiger partial charge in [-0.15, -0.1) is 0 Å². The van der Waals surface area contributed by atoms with Crippen molar-refractivity contribution >= 4 is 29.3 Å². The number of carbonyl (C=O) groups excluding carboxylic acids is 3. The summed E-state index contributed by atoms with van der Waals surface area (Å²) >= 11 is 0. The number of amides is 3. The van der Waals surface area contributed by atoms with Gasteiger partial charge in [0.1, 0.15) is 6.04 Å². The number of fused-ring (bicyclic) bond motifs is 1. The first-order chi connectivity index (χ1) is 14.4. The molecule has 7 heteroatoms. The second-order valence-electron chi connectivity index (χ2n) is 7.63. The molecule has 0 aromatic heterocycles. The molecular formula is C23H27N3O4. The topological polar surface area (TPSA) is 87.7 Å². The molecular weight excluding hydrogens is 382 g/mol. The van der Waals surface area contributed by atoms with E-state index in [0.29, 0.717) is 12.2 Å². The molecule has 2 aromatic carbocycles. The molecule has 0 saturated carbocycles. The molecule has 2 aromatic rings. The molecule has 7 nitrogen and oxygen atoms in total. The van der Waals surface area contributed by atoms with Crippen LogP contribution in [0.1, 0.15) is 26.3 Å². The third-order valence-corrected chi connectivity index (χ3v) is 5.03. The minimum Gasteiger partial charge on any atom is -0.451 e. The predicted molar refractivity (Wildman–Crippen MR) is 115 cm³/mol. The van der Waals surface area contributed by atoms with Crippen molar-refractivity contribution < 1.29 is 19.1 Å². The standard InChI is InChI=1S/C23H27N3O4/c1-15(2)20(25-23(29)24-18-10-5-4-6-11-18)22(28)30-16(3)21(27)26-14-13-17-9-7-8-12-19(17)26/h4-12,15-16,20H,13-14H2,1-3H3,(H2,24,25,29)/t16-,20-/m0/s1. The Kier molecular flexibility index (Phi) is 6.72. The molecule has 2 atom stereocenters. The lowest BCUT2D eigenvalue weighted by Crippen LogP contribution is -2.49. The minimum atomic E-state index is -0.955. The average molecular weight is 409 g/mol. The molecule has 1 aliphatic rings. The molecule has 158 valence electrons. The maximum atomic E-state index is 12.8. The monoisotopic (exact) mass is 409 g/mol. The summed E-state index contributed by atoms with van der Waals surface area (Å²) in [4.78, 5) is 39.5. The number of para-hydroxylation sites is 2. The number of rotatable bonds is 6. The van der Waals surface area contributed by atoms with E-state index in [1.807, 2.05) is 30.3 Å². The van der Waals surface area contributed by atoms with Crippen molar-refractivity contribution in [2.75, 3.05) is 16.8 Å². The van der Waals surface area contributed by atoms with Gasteiger partial charge in [-0.3, -0.25) is 4.79 Å². The zero-order valence-electron chi connectivity index (χ0n) is 17.4. The summed E-state index contributed by atoms with van der Waals surface area (Å²) in [6.45, 7) is 5.73. The summed E-state index contributed by atoms with van der Waals surface area (Å²) in [6, 6.07) is 15.2. The lowest BCUT2D eigenvalue weighted by atomic mass is 10.0. The Morgan fingerprint density at radius 1 is 0.967 bits per heavy atom. The van der Waals surface area contributed by atoms with E-state index in [1.165, 1.54) is 0 Å². The van der Waals surface area contributed by atoms with Gasteiger partial charge in [0, 0.05) is 17.9 Å². The van der Waals surface area contributed by atoms with Crippen molar-refractivity contribution in [3.05, 3.63) is 60.2 Å². The fourth-order valence-corrected chi connectivity index (χ4v) is 3.41. The summed E-state index contributed by atoms with van der Waals surface area (Å²) in [5, 5.41) is 5.33. The second kappa shape index (κ2) is 9.43. The van der Waals surface area contributed by atoms with Crippen LogP contribution >= 0.6 is 0 Å². The molecule has 3 amide bonds. The molecule has 1 aliphatic heterocycles. The fourth-order valence-electron chi connectivity index (χ4n) is 3.41. The number of benzene rings is 2. The van der Waals surface area contributed by atoms with E-state index < -0.39 is 24.1 Å². The largest absolute Gasteiger partial charge is 0.451 e. The van der Waals surface area contributed by atoms with Crippen LogP contribution in [0.4, 0.5) is 16.2 Å². The van der Waals surface area contributed by atoms with Gasteiger partial charge in [-0.1, -0.05) is 50.2 Å². The van der Waals surface area contributed by atoms with Gasteiger partial charge in [-0.2, -0.15) is 0 Å². The van der Waals surface area contributed by atoms with Gasteiger partial charge in [0.15, 0.2) is 6.10 Å². The van der Waals surface area contributed by atoms with Crippen molar-refractivity contribution in [2.45, 2.75) is 39.3 Å². The van der Waals surface area contributed by atoms with Crippen molar-refractivity contribution in [3.8, 4) is 0 Å². The van der Waals surface area contributed by atoms with Gasteiger partial charge in [0.25, 0.3) is 5.91 Å². The molecule has 1 heterocycles. The lowest BCUT2D eigenvalue weighted by Gasteiger charge is -2.25. The van der Waals surface area contributed by atoms with Crippen molar-refractivity contribution in [3.63, 3.8) is 0 Å². The highest BCUT2D eigenvalue weighted by Gasteiger charge is 2.33. The van der Waals surface area contributed by atoms with Gasteiger partial charge < -0.3 is 20.3 Å². The number of nitrogens with one attached hydrogen (secondary N) is 2. The first kappa shape index (κ1) is 21.4. The Morgan fingerprint density at radius 3 is 2.33 bits per heavy atom. The number of urea groups is 1. The van der Waals surface area contributed by atoms with Gasteiger partial charge in [-0.05, 0) is 43.0 Å². The lowest BCUT2D eigenvalue weighted by molar-refractivity contribution is -0.156. The molecule has 3 rings (SSSR count). The predicted octanol–water partition coefficient (Wildman–Crippen LogP) is 3.35. The molecule has 2 N–H and O–H groups in total. The number of hydrogen-bond acceptors (Lipinski definition) is 4. The molecule has 0 unspecified atom stereocenters. The minimum absolute atomic E-state index is 0.214. The van der Waals surface area contributed by atoms with E-state index in [9.17, 15) is 14.4 Å². The van der Waals surface area contributed by atoms with Crippen molar-refractivity contribution in [2.24, 2.45) is 5.92 Å². The maximum absolute atomic E-state index is 12.8.